The summed E-state index contributed by atoms with van der Waals surface area (Å²) < 4.78 is 5.24. The molecule has 0 N–H and O–H groups in total. The first-order valence-electron chi connectivity index (χ1n) is 8.49. The van der Waals surface area contributed by atoms with Gasteiger partial charge < -0.3 is 4.42 Å². The van der Waals surface area contributed by atoms with Gasteiger partial charge in [-0.15, -0.1) is 0 Å². The second-order valence-electron chi connectivity index (χ2n) is 6.18. The van der Waals surface area contributed by atoms with E-state index in [9.17, 15) is 14.4 Å². The van der Waals surface area contributed by atoms with Crippen molar-refractivity contribution in [2.75, 3.05) is 6.54 Å². The zero-order valence-electron chi connectivity index (χ0n) is 14.0. The van der Waals surface area contributed by atoms with E-state index in [1.165, 1.54) is 4.90 Å². The minimum absolute atomic E-state index is 0.249. The molecule has 0 saturated carbocycles. The van der Waals surface area contributed by atoms with E-state index in [1.807, 2.05) is 6.07 Å². The molecule has 0 saturated heterocycles. The molecule has 2 heterocycles. The second-order valence-corrected chi connectivity index (χ2v) is 6.18. The predicted octanol–water partition coefficient (Wildman–Crippen LogP) is 2.81. The SMILES string of the molecule is O=C1c2ccccc2C(=O)N1CCCCc1nc2ccccc2c(=O)o1. The summed E-state index contributed by atoms with van der Waals surface area (Å²) in [5.74, 6) is -0.127. The molecule has 0 radical (unpaired) electrons. The van der Waals surface area contributed by atoms with Crippen molar-refractivity contribution in [2.45, 2.75) is 19.3 Å². The Kier molecular flexibility index (Phi) is 4.08. The van der Waals surface area contributed by atoms with Gasteiger partial charge in [0, 0.05) is 13.0 Å². The van der Waals surface area contributed by atoms with Crippen molar-refractivity contribution >= 4 is 22.7 Å². The Morgan fingerprint density at radius 2 is 1.50 bits per heavy atom. The van der Waals surface area contributed by atoms with E-state index in [-0.39, 0.29) is 11.8 Å². The fourth-order valence-electron chi connectivity index (χ4n) is 3.16. The Labute approximate surface area is 149 Å². The van der Waals surface area contributed by atoms with Crippen LogP contribution in [-0.4, -0.2) is 28.2 Å². The topological polar surface area (TPSA) is 80.5 Å². The van der Waals surface area contributed by atoms with E-state index >= 15 is 0 Å². The Morgan fingerprint density at radius 3 is 2.23 bits per heavy atom. The van der Waals surface area contributed by atoms with Gasteiger partial charge in [0.1, 0.15) is 0 Å². The van der Waals surface area contributed by atoms with Crippen molar-refractivity contribution in [1.82, 2.24) is 9.88 Å². The molecule has 2 aromatic carbocycles. The van der Waals surface area contributed by atoms with Crippen LogP contribution in [0.5, 0.6) is 0 Å². The third-order valence-electron chi connectivity index (χ3n) is 4.48. The van der Waals surface area contributed by atoms with Gasteiger partial charge in [-0.2, -0.15) is 0 Å². The number of para-hydroxylation sites is 1. The molecular weight excluding hydrogens is 332 g/mol. The van der Waals surface area contributed by atoms with Crippen molar-refractivity contribution in [3.63, 3.8) is 0 Å². The number of rotatable bonds is 5. The molecule has 0 aliphatic carbocycles. The summed E-state index contributed by atoms with van der Waals surface area (Å²) in [4.78, 5) is 42.2. The van der Waals surface area contributed by atoms with Gasteiger partial charge in [-0.3, -0.25) is 14.5 Å². The lowest BCUT2D eigenvalue weighted by atomic mass is 10.1. The number of amides is 2. The average molecular weight is 348 g/mol. The third-order valence-corrected chi connectivity index (χ3v) is 4.48. The summed E-state index contributed by atoms with van der Waals surface area (Å²) in [5.41, 5.74) is 1.13. The Balaban J connectivity index is 1.39. The van der Waals surface area contributed by atoms with Crippen molar-refractivity contribution in [2.24, 2.45) is 0 Å². The highest BCUT2D eigenvalue weighted by Gasteiger charge is 2.34. The highest BCUT2D eigenvalue weighted by molar-refractivity contribution is 6.21. The van der Waals surface area contributed by atoms with E-state index in [0.29, 0.717) is 53.7 Å². The van der Waals surface area contributed by atoms with Gasteiger partial charge in [0.05, 0.1) is 22.0 Å². The van der Waals surface area contributed by atoms with Gasteiger partial charge in [0.2, 0.25) is 0 Å². The number of imide groups is 1. The van der Waals surface area contributed by atoms with Gasteiger partial charge in [-0.05, 0) is 37.1 Å². The van der Waals surface area contributed by atoms with Crippen LogP contribution in [0.1, 0.15) is 39.4 Å². The van der Waals surface area contributed by atoms with Crippen LogP contribution in [-0.2, 0) is 6.42 Å². The smallest absolute Gasteiger partial charge is 0.346 e. The Morgan fingerprint density at radius 1 is 0.846 bits per heavy atom. The molecule has 0 unspecified atom stereocenters. The Hall–Kier alpha value is -3.28. The van der Waals surface area contributed by atoms with Gasteiger partial charge >= 0.3 is 5.63 Å². The monoisotopic (exact) mass is 348 g/mol. The number of carbonyl (C=O) groups excluding carboxylic acids is 2. The molecule has 0 bridgehead atoms. The first-order chi connectivity index (χ1) is 12.6. The second kappa shape index (κ2) is 6.55. The fraction of sp³-hybridized carbons (Fsp3) is 0.200. The minimum Gasteiger partial charge on any atom is -0.408 e. The van der Waals surface area contributed by atoms with E-state index in [2.05, 4.69) is 4.98 Å². The standard InChI is InChI=1S/C20H16N2O4/c23-18-13-7-1-2-8-14(13)19(24)22(18)12-6-5-11-17-21-16-10-4-3-9-15(16)20(25)26-17/h1-4,7-10H,5-6,11-12H2. The largest absolute Gasteiger partial charge is 0.408 e. The number of benzene rings is 2. The average Bonchev–Trinajstić information content (AvgIpc) is 2.90. The molecule has 26 heavy (non-hydrogen) atoms. The highest BCUT2D eigenvalue weighted by Crippen LogP contribution is 2.22. The molecule has 0 atom stereocenters. The number of unbranched alkanes of at least 4 members (excludes halogenated alkanes) is 1. The molecule has 4 rings (SSSR count). The molecule has 2 amide bonds. The normalized spacial score (nSPS) is 13.5. The Bertz CT molecular complexity index is 1040. The molecule has 3 aromatic rings. The van der Waals surface area contributed by atoms with Gasteiger partial charge in [0.25, 0.3) is 11.8 Å². The van der Waals surface area contributed by atoms with E-state index < -0.39 is 5.63 Å². The number of hydrogen-bond donors (Lipinski definition) is 0. The fourth-order valence-corrected chi connectivity index (χ4v) is 3.16. The number of carbonyl (C=O) groups is 2. The number of fused-ring (bicyclic) bond motifs is 2. The summed E-state index contributed by atoms with van der Waals surface area (Å²) in [5, 5.41) is 0.460. The summed E-state index contributed by atoms with van der Waals surface area (Å²) in [7, 11) is 0. The summed E-state index contributed by atoms with van der Waals surface area (Å²) in [6.45, 7) is 0.337. The van der Waals surface area contributed by atoms with Crippen LogP contribution in [0, 0.1) is 0 Å². The van der Waals surface area contributed by atoms with Crippen LogP contribution in [0.4, 0.5) is 0 Å². The van der Waals surface area contributed by atoms with Crippen LogP contribution >= 0.6 is 0 Å². The quantitative estimate of drug-likeness (QED) is 0.523. The first kappa shape index (κ1) is 16.2. The molecule has 1 aliphatic rings. The van der Waals surface area contributed by atoms with Gasteiger partial charge in [0.15, 0.2) is 5.89 Å². The van der Waals surface area contributed by atoms with Crippen molar-refractivity contribution in [3.8, 4) is 0 Å². The lowest BCUT2D eigenvalue weighted by Crippen LogP contribution is -2.30. The first-order valence-corrected chi connectivity index (χ1v) is 8.49. The van der Waals surface area contributed by atoms with Gasteiger partial charge in [-0.1, -0.05) is 24.3 Å². The highest BCUT2D eigenvalue weighted by atomic mass is 16.4. The maximum atomic E-state index is 12.3. The summed E-state index contributed by atoms with van der Waals surface area (Å²) >= 11 is 0. The zero-order chi connectivity index (χ0) is 18.1. The van der Waals surface area contributed by atoms with Crippen molar-refractivity contribution in [1.29, 1.82) is 0 Å². The van der Waals surface area contributed by atoms with Crippen LogP contribution in [0.15, 0.2) is 57.7 Å². The van der Waals surface area contributed by atoms with E-state index in [0.717, 1.165) is 0 Å². The molecule has 1 aromatic heterocycles. The molecular formula is C20H16N2O4. The van der Waals surface area contributed by atoms with Gasteiger partial charge in [-0.25, -0.2) is 9.78 Å². The van der Waals surface area contributed by atoms with Crippen molar-refractivity contribution < 1.29 is 14.0 Å². The summed E-state index contributed by atoms with van der Waals surface area (Å²) in [6, 6.07) is 13.9. The number of hydrogen-bond acceptors (Lipinski definition) is 5. The lowest BCUT2D eigenvalue weighted by Gasteiger charge is -2.13. The third kappa shape index (κ3) is 2.79. The number of nitrogens with zero attached hydrogens (tertiary/aromatic N) is 2. The van der Waals surface area contributed by atoms with Crippen LogP contribution in [0.3, 0.4) is 0 Å². The molecule has 130 valence electrons. The number of aryl methyl sites for hydroxylation is 1. The number of aromatic nitrogens is 1. The molecule has 0 fully saturated rings. The molecule has 1 aliphatic heterocycles. The summed E-state index contributed by atoms with van der Waals surface area (Å²) in [6.07, 6.45) is 1.74. The van der Waals surface area contributed by atoms with Crippen LogP contribution in [0.25, 0.3) is 10.9 Å². The molecule has 6 heteroatoms. The zero-order valence-corrected chi connectivity index (χ0v) is 14.0. The van der Waals surface area contributed by atoms with Crippen LogP contribution in [0.2, 0.25) is 0 Å². The van der Waals surface area contributed by atoms with Crippen molar-refractivity contribution in [3.05, 3.63) is 76.0 Å². The maximum absolute atomic E-state index is 12.3. The molecule has 6 nitrogen and oxygen atoms in total. The van der Waals surface area contributed by atoms with E-state index in [4.69, 9.17) is 4.42 Å². The lowest BCUT2D eigenvalue weighted by molar-refractivity contribution is 0.0651. The predicted molar refractivity (Wildman–Crippen MR) is 95.0 cm³/mol. The molecule has 0 spiro atoms. The minimum atomic E-state index is -0.397. The van der Waals surface area contributed by atoms with Crippen LogP contribution < -0.4 is 5.63 Å². The maximum Gasteiger partial charge on any atom is 0.346 e. The van der Waals surface area contributed by atoms with E-state index in [1.54, 1.807) is 42.5 Å².